The monoisotopic (exact) mass is 548 g/mol. The van der Waals surface area contributed by atoms with E-state index in [0.29, 0.717) is 11.2 Å². The molecule has 4 aromatic rings. The number of carbonyl (C=O) groups excluding carboxylic acids is 1. The molecule has 0 fully saturated rings. The summed E-state index contributed by atoms with van der Waals surface area (Å²) in [6, 6.07) is 0. The van der Waals surface area contributed by atoms with Crippen molar-refractivity contribution in [3.8, 4) is 23.0 Å². The van der Waals surface area contributed by atoms with Gasteiger partial charge in [0.1, 0.15) is 0 Å². The average Bonchev–Trinajstić information content (AvgIpc) is 3.46. The third-order valence-electron chi connectivity index (χ3n) is 2.53. The molecule has 0 atom stereocenters. The summed E-state index contributed by atoms with van der Waals surface area (Å²) in [5, 5.41) is 46.2. The second-order valence-electron chi connectivity index (χ2n) is 4.46. The molecule has 0 aliphatic rings. The van der Waals surface area contributed by atoms with Crippen LogP contribution in [0.25, 0.3) is 11.2 Å². The minimum absolute atomic E-state index is 0. The molecule has 11 nitrogen and oxygen atoms in total. The normalized spacial score (nSPS) is 8.06. The van der Waals surface area contributed by atoms with Gasteiger partial charge >= 0.3 is 101 Å². The number of ether oxygens (including phenoxy) is 2. The maximum absolute atomic E-state index is 10.3. The van der Waals surface area contributed by atoms with Crippen molar-refractivity contribution in [2.75, 3.05) is 14.2 Å². The van der Waals surface area contributed by atoms with Gasteiger partial charge in [0.25, 0.3) is 0 Å². The van der Waals surface area contributed by atoms with Crippen molar-refractivity contribution in [1.29, 1.82) is 0 Å². The molecule has 4 aromatic heterocycles. The zero-order chi connectivity index (χ0) is 21.8. The first-order chi connectivity index (χ1) is 13.8. The van der Waals surface area contributed by atoms with Crippen LogP contribution in [0.4, 0.5) is 4.79 Å². The molecule has 0 amide bonds. The third-order valence-corrected chi connectivity index (χ3v) is 4.65. The Labute approximate surface area is 265 Å². The minimum atomic E-state index is -0.657. The van der Waals surface area contributed by atoms with Crippen LogP contribution >= 0.6 is 34.0 Å². The summed E-state index contributed by atoms with van der Waals surface area (Å²) in [7, 11) is 2.51. The van der Waals surface area contributed by atoms with Crippen molar-refractivity contribution < 1.29 is 138 Å². The number of hydrogen-bond acceptors (Lipinski definition) is 14. The molecular weight excluding hydrogens is 533 g/mol. The van der Waals surface area contributed by atoms with Gasteiger partial charge in [0, 0.05) is 21.5 Å². The number of thiophene rings is 3. The first-order valence-corrected chi connectivity index (χ1v) is 10.0. The number of rotatable bonds is 0. The molecule has 33 heavy (non-hydrogen) atoms. The number of methoxy groups -OCH3 is 2. The predicted octanol–water partition coefficient (Wildman–Crippen LogP) is -6.26. The van der Waals surface area contributed by atoms with Gasteiger partial charge in [0.05, 0.1) is 14.2 Å². The summed E-state index contributed by atoms with van der Waals surface area (Å²) in [5.74, 6) is -1.50. The van der Waals surface area contributed by atoms with Crippen LogP contribution in [0.3, 0.4) is 0 Å². The molecule has 4 heterocycles. The minimum Gasteiger partial charge on any atom is -0.872 e. The Balaban J connectivity index is -0.000000165. The fourth-order valence-electron chi connectivity index (χ4n) is 1.26. The van der Waals surface area contributed by atoms with Crippen molar-refractivity contribution in [1.82, 2.24) is 0 Å². The van der Waals surface area contributed by atoms with E-state index < -0.39 is 23.5 Å². The summed E-state index contributed by atoms with van der Waals surface area (Å²) in [4.78, 5) is 20.1. The Kier molecular flexibility index (Phi) is 27.0. The molecule has 0 unspecified atom stereocenters. The SMILES string of the molecule is COC(=O)OC.O=c1oc2cscc2o1.Oc1cscc1O.[Na+].[Na+].[Na+].[O-]c1cscc1[O-].[OH-]. The molecule has 4 rings (SSSR count). The summed E-state index contributed by atoms with van der Waals surface area (Å²) in [6.45, 7) is 0. The molecule has 0 aromatic carbocycles. The van der Waals surface area contributed by atoms with Crippen molar-refractivity contribution in [2.45, 2.75) is 0 Å². The Morgan fingerprint density at radius 2 is 1.12 bits per heavy atom. The first-order valence-electron chi connectivity index (χ1n) is 7.20. The van der Waals surface area contributed by atoms with Crippen LogP contribution in [-0.4, -0.2) is 36.1 Å². The van der Waals surface area contributed by atoms with Gasteiger partial charge in [-0.2, -0.15) is 11.3 Å². The molecule has 0 aliphatic carbocycles. The van der Waals surface area contributed by atoms with E-state index in [-0.39, 0.29) is 106 Å². The van der Waals surface area contributed by atoms with Gasteiger partial charge in [-0.05, 0) is 10.8 Å². The van der Waals surface area contributed by atoms with Crippen LogP contribution in [0.1, 0.15) is 0 Å². The maximum atomic E-state index is 10.3. The molecule has 0 spiro atoms. The number of hydrogen-bond donors (Lipinski definition) is 2. The topological polar surface area (TPSA) is 195 Å². The zero-order valence-corrected chi connectivity index (χ0v) is 26.7. The van der Waals surface area contributed by atoms with E-state index in [1.165, 1.54) is 58.4 Å². The van der Waals surface area contributed by atoms with Gasteiger partial charge in [0.2, 0.25) is 0 Å². The molecule has 3 N–H and O–H groups in total. The second-order valence-corrected chi connectivity index (χ2v) is 6.69. The summed E-state index contributed by atoms with van der Waals surface area (Å²) in [5.41, 5.74) is 1.06. The quantitative estimate of drug-likeness (QED) is 0.157. The Bertz CT molecular complexity index is 946. The summed E-state index contributed by atoms with van der Waals surface area (Å²) < 4.78 is 17.3. The van der Waals surface area contributed by atoms with Crippen LogP contribution in [0.5, 0.6) is 23.0 Å². The smallest absolute Gasteiger partial charge is 0.872 e. The average molecular weight is 548 g/mol. The largest absolute Gasteiger partial charge is 1.00 e. The van der Waals surface area contributed by atoms with Gasteiger partial charge < -0.3 is 44.2 Å². The van der Waals surface area contributed by atoms with Crippen LogP contribution in [0.15, 0.2) is 45.9 Å². The van der Waals surface area contributed by atoms with Gasteiger partial charge in [-0.25, -0.2) is 9.59 Å². The number of aromatic hydroxyl groups is 2. The standard InChI is InChI=1S/C5H2O3S.2C4H4O2S.C3H6O3.3Na.H2O/c6-5-7-3-1-9-2-4(3)8-5;2*5-3-1-7-2-4(3)6;1-5-3(4)6-2;;;;/h1-2H;2*1-2,5-6H;1-2H3;;;;1H2/q;;;;3*+1;/p-3. The van der Waals surface area contributed by atoms with Gasteiger partial charge in [-0.3, -0.25) is 0 Å². The van der Waals surface area contributed by atoms with E-state index in [2.05, 4.69) is 18.3 Å². The van der Waals surface area contributed by atoms with Gasteiger partial charge in [-0.15, -0.1) is 34.2 Å². The Hall–Kier alpha value is -0.200. The van der Waals surface area contributed by atoms with E-state index in [4.69, 9.17) is 10.2 Å². The van der Waals surface area contributed by atoms with Crippen molar-refractivity contribution in [3.63, 3.8) is 0 Å². The molecule has 0 bridgehead atoms. The molecule has 0 saturated heterocycles. The molecule has 17 heteroatoms. The van der Waals surface area contributed by atoms with Crippen molar-refractivity contribution >= 4 is 51.3 Å². The van der Waals surface area contributed by atoms with E-state index >= 15 is 0 Å². The van der Waals surface area contributed by atoms with E-state index in [0.717, 1.165) is 11.3 Å². The van der Waals surface area contributed by atoms with Crippen LogP contribution in [0.2, 0.25) is 0 Å². The Morgan fingerprint density at radius 3 is 1.33 bits per heavy atom. The Morgan fingerprint density at radius 1 is 0.788 bits per heavy atom. The second kappa shape index (κ2) is 22.3. The molecule has 0 radical (unpaired) electrons. The fraction of sp³-hybridized carbons (Fsp3) is 0.125. The van der Waals surface area contributed by atoms with E-state index in [9.17, 15) is 19.8 Å². The number of carbonyl (C=O) groups is 1. The predicted molar refractivity (Wildman–Crippen MR) is 105 cm³/mol. The van der Waals surface area contributed by atoms with Crippen LogP contribution in [-0.2, 0) is 9.47 Å². The third kappa shape index (κ3) is 16.2. The first kappa shape index (κ1) is 40.0. The summed E-state index contributed by atoms with van der Waals surface area (Å²) >= 11 is 3.85. The van der Waals surface area contributed by atoms with Crippen molar-refractivity contribution in [3.05, 3.63) is 42.9 Å². The van der Waals surface area contributed by atoms with Crippen LogP contribution in [0, 0.1) is 0 Å². The van der Waals surface area contributed by atoms with Gasteiger partial charge in [0.15, 0.2) is 22.7 Å². The van der Waals surface area contributed by atoms with E-state index in [1.807, 2.05) is 0 Å². The molecule has 0 aliphatic heterocycles. The maximum Gasteiger partial charge on any atom is 1.00 e. The fourth-order valence-corrected chi connectivity index (χ4v) is 3.02. The van der Waals surface area contributed by atoms with E-state index in [1.54, 1.807) is 10.8 Å². The molecule has 0 saturated carbocycles. The summed E-state index contributed by atoms with van der Waals surface area (Å²) in [6.07, 6.45) is -0.657. The molecular formula is C16H15Na3O11S3. The number of fused-ring (bicyclic) bond motifs is 1. The molecule has 166 valence electrons. The van der Waals surface area contributed by atoms with Gasteiger partial charge in [-0.1, -0.05) is 0 Å². The zero-order valence-electron chi connectivity index (χ0n) is 18.3. The van der Waals surface area contributed by atoms with Crippen LogP contribution < -0.4 is 105 Å². The van der Waals surface area contributed by atoms with Crippen molar-refractivity contribution in [2.24, 2.45) is 0 Å².